The third kappa shape index (κ3) is 2.82. The van der Waals surface area contributed by atoms with Crippen molar-refractivity contribution in [2.24, 2.45) is 0 Å². The highest BCUT2D eigenvalue weighted by molar-refractivity contribution is 9.10. The lowest BCUT2D eigenvalue weighted by molar-refractivity contribution is 0.284. The van der Waals surface area contributed by atoms with E-state index in [1.165, 1.54) is 12.1 Å². The molecule has 2 aromatic carbocycles. The van der Waals surface area contributed by atoms with Crippen LogP contribution in [0.4, 0.5) is 8.78 Å². The van der Waals surface area contributed by atoms with Gasteiger partial charge in [-0.25, -0.2) is 4.39 Å². The first-order valence-corrected chi connectivity index (χ1v) is 5.78. The molecule has 0 atom stereocenters. The van der Waals surface area contributed by atoms with E-state index in [0.29, 0.717) is 0 Å². The van der Waals surface area contributed by atoms with Crippen LogP contribution in [0.25, 0.3) is 0 Å². The van der Waals surface area contributed by atoms with E-state index in [2.05, 4.69) is 15.9 Å². The summed E-state index contributed by atoms with van der Waals surface area (Å²) in [5.74, 6) is -1.95. The van der Waals surface area contributed by atoms with E-state index < -0.39 is 11.6 Å². The molecule has 0 aliphatic heterocycles. The lowest BCUT2D eigenvalue weighted by atomic mass is 10.2. The maximum atomic E-state index is 13.3. The van der Waals surface area contributed by atoms with Gasteiger partial charge >= 0.3 is 0 Å². The third-order valence-corrected chi connectivity index (χ3v) is 3.03. The molecule has 0 fully saturated rings. The number of benzene rings is 2. The predicted molar refractivity (Wildman–Crippen MR) is 64.8 cm³/mol. The van der Waals surface area contributed by atoms with Gasteiger partial charge in [0, 0.05) is 10.0 Å². The van der Waals surface area contributed by atoms with Gasteiger partial charge in [0.1, 0.15) is 6.61 Å². The quantitative estimate of drug-likeness (QED) is 0.820. The first kappa shape index (κ1) is 12.0. The highest BCUT2D eigenvalue weighted by atomic mass is 79.9. The van der Waals surface area contributed by atoms with Crippen molar-refractivity contribution in [1.29, 1.82) is 0 Å². The van der Waals surface area contributed by atoms with Crippen LogP contribution in [0.5, 0.6) is 5.75 Å². The molecule has 0 radical (unpaired) electrons. The Kier molecular flexibility index (Phi) is 3.74. The smallest absolute Gasteiger partial charge is 0.200 e. The van der Waals surface area contributed by atoms with Crippen molar-refractivity contribution < 1.29 is 13.5 Å². The molecule has 0 saturated carbocycles. The molecule has 0 N–H and O–H groups in total. The standard InChI is InChI=1S/C13H9BrF2O/c14-10-5-2-1-4-9(10)8-17-12-7-3-6-11(15)13(12)16/h1-7H,8H2. The Balaban J connectivity index is 2.13. The van der Waals surface area contributed by atoms with Gasteiger partial charge in [0.05, 0.1) is 0 Å². The molecule has 0 aliphatic rings. The maximum absolute atomic E-state index is 13.3. The number of ether oxygens (including phenoxy) is 1. The highest BCUT2D eigenvalue weighted by Gasteiger charge is 2.09. The SMILES string of the molecule is Fc1cccc(OCc2ccccc2Br)c1F. The van der Waals surface area contributed by atoms with Gasteiger partial charge in [-0.15, -0.1) is 0 Å². The Morgan fingerprint density at radius 1 is 1.00 bits per heavy atom. The highest BCUT2D eigenvalue weighted by Crippen LogP contribution is 2.22. The molecule has 17 heavy (non-hydrogen) atoms. The summed E-state index contributed by atoms with van der Waals surface area (Å²) in [5.41, 5.74) is 0.871. The van der Waals surface area contributed by atoms with Crippen molar-refractivity contribution in [1.82, 2.24) is 0 Å². The molecule has 4 heteroatoms. The van der Waals surface area contributed by atoms with Crippen molar-refractivity contribution in [2.45, 2.75) is 6.61 Å². The lowest BCUT2D eigenvalue weighted by Gasteiger charge is -2.08. The Morgan fingerprint density at radius 3 is 2.53 bits per heavy atom. The fourth-order valence-electron chi connectivity index (χ4n) is 1.37. The fourth-order valence-corrected chi connectivity index (χ4v) is 1.77. The van der Waals surface area contributed by atoms with E-state index in [4.69, 9.17) is 4.74 Å². The summed E-state index contributed by atoms with van der Waals surface area (Å²) >= 11 is 3.35. The second-order valence-electron chi connectivity index (χ2n) is 3.43. The van der Waals surface area contributed by atoms with Gasteiger partial charge < -0.3 is 4.74 Å². The van der Waals surface area contributed by atoms with Gasteiger partial charge in [0.25, 0.3) is 0 Å². The van der Waals surface area contributed by atoms with Gasteiger partial charge in [-0.3, -0.25) is 0 Å². The summed E-state index contributed by atoms with van der Waals surface area (Å²) in [6, 6.07) is 11.3. The summed E-state index contributed by atoms with van der Waals surface area (Å²) in [6.07, 6.45) is 0. The van der Waals surface area contributed by atoms with Gasteiger partial charge in [-0.05, 0) is 18.2 Å². The largest absolute Gasteiger partial charge is 0.486 e. The number of rotatable bonds is 3. The van der Waals surface area contributed by atoms with Crippen LogP contribution >= 0.6 is 15.9 Å². The molecule has 0 aliphatic carbocycles. The van der Waals surface area contributed by atoms with Crippen LogP contribution < -0.4 is 4.74 Å². The predicted octanol–water partition coefficient (Wildman–Crippen LogP) is 4.31. The van der Waals surface area contributed by atoms with E-state index in [1.54, 1.807) is 0 Å². The number of halogens is 3. The van der Waals surface area contributed by atoms with E-state index in [1.807, 2.05) is 24.3 Å². The molecule has 1 nitrogen and oxygen atoms in total. The van der Waals surface area contributed by atoms with E-state index >= 15 is 0 Å². The topological polar surface area (TPSA) is 9.23 Å². The Bertz CT molecular complexity index is 529. The van der Waals surface area contributed by atoms with Gasteiger partial charge in [0.15, 0.2) is 11.6 Å². The fraction of sp³-hybridized carbons (Fsp3) is 0.0769. The Morgan fingerprint density at radius 2 is 1.76 bits per heavy atom. The van der Waals surface area contributed by atoms with E-state index in [9.17, 15) is 8.78 Å². The first-order valence-electron chi connectivity index (χ1n) is 4.98. The van der Waals surface area contributed by atoms with Crippen molar-refractivity contribution in [3.05, 3.63) is 64.1 Å². The van der Waals surface area contributed by atoms with Gasteiger partial charge in [-0.2, -0.15) is 4.39 Å². The summed E-state index contributed by atoms with van der Waals surface area (Å²) in [4.78, 5) is 0. The van der Waals surface area contributed by atoms with E-state index in [-0.39, 0.29) is 12.4 Å². The zero-order valence-corrected chi connectivity index (χ0v) is 10.4. The molecule has 0 unspecified atom stereocenters. The Labute approximate surface area is 106 Å². The van der Waals surface area contributed by atoms with Gasteiger partial charge in [-0.1, -0.05) is 40.2 Å². The minimum Gasteiger partial charge on any atom is -0.486 e. The van der Waals surface area contributed by atoms with Crippen LogP contribution in [-0.4, -0.2) is 0 Å². The van der Waals surface area contributed by atoms with Crippen LogP contribution in [0.3, 0.4) is 0 Å². The summed E-state index contributed by atoms with van der Waals surface area (Å²) < 4.78 is 32.3. The van der Waals surface area contributed by atoms with Crippen molar-refractivity contribution in [3.63, 3.8) is 0 Å². The summed E-state index contributed by atoms with van der Waals surface area (Å²) in [5, 5.41) is 0. The average Bonchev–Trinajstić information content (AvgIpc) is 2.33. The number of hydrogen-bond donors (Lipinski definition) is 0. The van der Waals surface area contributed by atoms with Crippen LogP contribution in [0, 0.1) is 11.6 Å². The molecule has 0 spiro atoms. The first-order chi connectivity index (χ1) is 8.18. The maximum Gasteiger partial charge on any atom is 0.200 e. The minimum absolute atomic E-state index is 0.0826. The molecule has 2 rings (SSSR count). The molecular weight excluding hydrogens is 290 g/mol. The average molecular weight is 299 g/mol. The van der Waals surface area contributed by atoms with Crippen molar-refractivity contribution >= 4 is 15.9 Å². The zero-order chi connectivity index (χ0) is 12.3. The monoisotopic (exact) mass is 298 g/mol. The van der Waals surface area contributed by atoms with Crippen LogP contribution in [0.1, 0.15) is 5.56 Å². The van der Waals surface area contributed by atoms with Crippen LogP contribution in [-0.2, 0) is 6.61 Å². The molecule has 2 aromatic rings. The Hall–Kier alpha value is -1.42. The van der Waals surface area contributed by atoms with E-state index in [0.717, 1.165) is 16.1 Å². The van der Waals surface area contributed by atoms with Crippen molar-refractivity contribution in [3.8, 4) is 5.75 Å². The second kappa shape index (κ2) is 5.27. The molecule has 0 aromatic heterocycles. The number of hydrogen-bond acceptors (Lipinski definition) is 1. The second-order valence-corrected chi connectivity index (χ2v) is 4.29. The molecule has 88 valence electrons. The molecule has 0 heterocycles. The normalized spacial score (nSPS) is 10.3. The zero-order valence-electron chi connectivity index (χ0n) is 8.79. The molecule has 0 amide bonds. The third-order valence-electron chi connectivity index (χ3n) is 2.26. The van der Waals surface area contributed by atoms with Crippen LogP contribution in [0.15, 0.2) is 46.9 Å². The van der Waals surface area contributed by atoms with Crippen molar-refractivity contribution in [2.75, 3.05) is 0 Å². The van der Waals surface area contributed by atoms with Crippen LogP contribution in [0.2, 0.25) is 0 Å². The summed E-state index contributed by atoms with van der Waals surface area (Å²) in [7, 11) is 0. The molecular formula is C13H9BrF2O. The molecule has 0 saturated heterocycles. The summed E-state index contributed by atoms with van der Waals surface area (Å²) in [6.45, 7) is 0.182. The van der Waals surface area contributed by atoms with Gasteiger partial charge in [0.2, 0.25) is 5.82 Å². The lowest BCUT2D eigenvalue weighted by Crippen LogP contribution is -1.99. The minimum atomic E-state index is -0.959. The molecule has 0 bridgehead atoms.